The van der Waals surface area contributed by atoms with E-state index in [2.05, 4.69) is 136 Å². The van der Waals surface area contributed by atoms with E-state index in [4.69, 9.17) is 0 Å². The second-order valence-corrected chi connectivity index (χ2v) is 11.5. The van der Waals surface area contributed by atoms with Gasteiger partial charge in [-0.05, 0) is 81.0 Å². The van der Waals surface area contributed by atoms with E-state index in [1.165, 1.54) is 71.6 Å². The molecule has 0 aromatic heterocycles. The molecule has 1 aliphatic carbocycles. The first kappa shape index (κ1) is 32.2. The molecular weight excluding hydrogens is 631 g/mol. The predicted molar refractivity (Wildman–Crippen MR) is 166 cm³/mol. The van der Waals surface area contributed by atoms with Gasteiger partial charge in [-0.2, -0.15) is 23.8 Å². The molecule has 0 nitrogen and oxygen atoms in total. The summed E-state index contributed by atoms with van der Waals surface area (Å²) in [5.74, 6) is 0.995. The molecular formula is C39H33Cl2Zr. The van der Waals surface area contributed by atoms with Gasteiger partial charge in [0.15, 0.2) is 0 Å². The van der Waals surface area contributed by atoms with Crippen molar-refractivity contribution in [2.24, 2.45) is 5.92 Å². The Bertz CT molecular complexity index is 1860. The molecule has 0 amide bonds. The summed E-state index contributed by atoms with van der Waals surface area (Å²) in [6.45, 7) is 6.96. The molecule has 207 valence electrons. The molecule has 0 saturated carbocycles. The van der Waals surface area contributed by atoms with E-state index in [1.807, 2.05) is 0 Å². The van der Waals surface area contributed by atoms with Crippen LogP contribution in [-0.4, -0.2) is 0 Å². The maximum absolute atomic E-state index is 3.88. The molecule has 0 fully saturated rings. The monoisotopic (exact) mass is 661 g/mol. The fourth-order valence-corrected chi connectivity index (χ4v) is 6.70. The normalized spacial score (nSPS) is 12.2. The largest absolute Gasteiger partial charge is 3.00 e. The van der Waals surface area contributed by atoms with Gasteiger partial charge in [0.1, 0.15) is 0 Å². The van der Waals surface area contributed by atoms with Crippen LogP contribution in [0.3, 0.4) is 0 Å². The van der Waals surface area contributed by atoms with Gasteiger partial charge in [-0.25, -0.2) is 0 Å². The molecule has 0 heterocycles. The molecule has 0 N–H and O–H groups in total. The van der Waals surface area contributed by atoms with Gasteiger partial charge in [-0.15, -0.1) is 11.1 Å². The SMILES string of the molecule is Cc1cc2c(cc1-c1cccc3ccccc13)Cc1[c-]c(CC(c3cccc4ccccc34)C(C)C)ccc1-2.[Cl-].[Cl-].[Zr+3]. The van der Waals surface area contributed by atoms with Crippen molar-refractivity contribution in [2.45, 2.75) is 39.5 Å². The van der Waals surface area contributed by atoms with E-state index in [1.54, 1.807) is 0 Å². The maximum atomic E-state index is 3.88. The summed E-state index contributed by atoms with van der Waals surface area (Å²) in [4.78, 5) is 0. The van der Waals surface area contributed by atoms with E-state index in [0.29, 0.717) is 11.8 Å². The molecule has 6 aromatic carbocycles. The fraction of sp³-hybridized carbons (Fsp3) is 0.179. The first-order valence-corrected chi connectivity index (χ1v) is 14.2. The molecule has 0 bridgehead atoms. The molecule has 1 aliphatic rings. The average molecular weight is 664 g/mol. The van der Waals surface area contributed by atoms with Gasteiger partial charge in [0.2, 0.25) is 0 Å². The second kappa shape index (κ2) is 13.3. The third kappa shape index (κ3) is 5.77. The third-order valence-electron chi connectivity index (χ3n) is 8.74. The minimum Gasteiger partial charge on any atom is -1.00 e. The quantitative estimate of drug-likeness (QED) is 0.241. The topological polar surface area (TPSA) is 0 Å². The van der Waals surface area contributed by atoms with Gasteiger partial charge in [0.25, 0.3) is 0 Å². The van der Waals surface area contributed by atoms with Crippen LogP contribution in [0.5, 0.6) is 0 Å². The van der Waals surface area contributed by atoms with Crippen molar-refractivity contribution < 1.29 is 51.0 Å². The number of benzene rings is 6. The maximum Gasteiger partial charge on any atom is 3.00 e. The molecule has 6 aromatic rings. The summed E-state index contributed by atoms with van der Waals surface area (Å²) >= 11 is 0. The van der Waals surface area contributed by atoms with E-state index in [-0.39, 0.29) is 51.0 Å². The summed E-state index contributed by atoms with van der Waals surface area (Å²) in [6.07, 6.45) is 1.97. The van der Waals surface area contributed by atoms with Crippen LogP contribution in [0.2, 0.25) is 0 Å². The molecule has 1 atom stereocenters. The molecule has 1 radical (unpaired) electrons. The van der Waals surface area contributed by atoms with E-state index < -0.39 is 0 Å². The standard InChI is InChI=1S/C39H33.2ClH.Zr/c1-25(2)37(35-16-8-12-28-10-4-6-14-32(28)35)22-27-18-19-34-30(21-27)23-31-24-38(26(3)20-39(31)34)36-17-9-13-29-11-5-7-15-33(29)36;;;/h4-20,24-25,37H,22-23H2,1-3H3;2*1H;/q-1;;;+3/p-2. The van der Waals surface area contributed by atoms with E-state index >= 15 is 0 Å². The van der Waals surface area contributed by atoms with Crippen LogP contribution >= 0.6 is 0 Å². The smallest absolute Gasteiger partial charge is 1.00 e. The Balaban J connectivity index is 0.00000135. The fourth-order valence-electron chi connectivity index (χ4n) is 6.70. The second-order valence-electron chi connectivity index (χ2n) is 11.5. The number of halogens is 2. The van der Waals surface area contributed by atoms with Crippen LogP contribution in [0.1, 0.15) is 47.6 Å². The van der Waals surface area contributed by atoms with Crippen molar-refractivity contribution >= 4 is 21.5 Å². The van der Waals surface area contributed by atoms with E-state index in [0.717, 1.165) is 12.8 Å². The number of hydrogen-bond acceptors (Lipinski definition) is 0. The van der Waals surface area contributed by atoms with Gasteiger partial charge in [0.05, 0.1) is 0 Å². The first-order valence-electron chi connectivity index (χ1n) is 14.2. The molecule has 0 spiro atoms. The van der Waals surface area contributed by atoms with Crippen LogP contribution in [-0.2, 0) is 39.0 Å². The van der Waals surface area contributed by atoms with Crippen molar-refractivity contribution in [2.75, 3.05) is 0 Å². The minimum absolute atomic E-state index is 0. The number of aryl methyl sites for hydroxylation is 1. The summed E-state index contributed by atoms with van der Waals surface area (Å²) in [6, 6.07) is 44.3. The minimum atomic E-state index is 0. The van der Waals surface area contributed by atoms with Crippen LogP contribution < -0.4 is 24.8 Å². The van der Waals surface area contributed by atoms with Gasteiger partial charge in [-0.1, -0.05) is 116 Å². The molecule has 1 unspecified atom stereocenters. The Morgan fingerprint density at radius 3 is 2.02 bits per heavy atom. The van der Waals surface area contributed by atoms with Crippen LogP contribution in [0.15, 0.2) is 109 Å². The molecule has 3 heteroatoms. The third-order valence-corrected chi connectivity index (χ3v) is 8.74. The Kier molecular flexibility index (Phi) is 10.2. The summed E-state index contributed by atoms with van der Waals surface area (Å²) in [5, 5.41) is 5.32. The van der Waals surface area contributed by atoms with Crippen molar-refractivity contribution in [3.63, 3.8) is 0 Å². The first-order chi connectivity index (χ1) is 19.1. The summed E-state index contributed by atoms with van der Waals surface area (Å²) in [7, 11) is 0. The van der Waals surface area contributed by atoms with Crippen molar-refractivity contribution in [1.29, 1.82) is 0 Å². The van der Waals surface area contributed by atoms with Gasteiger partial charge in [0, 0.05) is 0 Å². The van der Waals surface area contributed by atoms with Gasteiger partial charge >= 0.3 is 26.2 Å². The molecule has 0 aliphatic heterocycles. The van der Waals surface area contributed by atoms with Crippen molar-refractivity contribution in [3.05, 3.63) is 143 Å². The average Bonchev–Trinajstić information content (AvgIpc) is 3.31. The number of rotatable bonds is 5. The zero-order chi connectivity index (χ0) is 26.5. The Hall–Kier alpha value is -2.70. The summed E-state index contributed by atoms with van der Waals surface area (Å²) in [5.41, 5.74) is 12.3. The predicted octanol–water partition coefficient (Wildman–Crippen LogP) is 4.33. The van der Waals surface area contributed by atoms with E-state index in [9.17, 15) is 0 Å². The summed E-state index contributed by atoms with van der Waals surface area (Å²) < 4.78 is 0. The van der Waals surface area contributed by atoms with Gasteiger partial charge in [-0.3, -0.25) is 0 Å². The van der Waals surface area contributed by atoms with Crippen molar-refractivity contribution in [3.8, 4) is 22.3 Å². The van der Waals surface area contributed by atoms with Crippen LogP contribution in [0, 0.1) is 18.9 Å². The van der Waals surface area contributed by atoms with Crippen LogP contribution in [0.25, 0.3) is 43.8 Å². The zero-order valence-electron chi connectivity index (χ0n) is 24.2. The Morgan fingerprint density at radius 2 is 1.29 bits per heavy atom. The molecule has 0 saturated heterocycles. The van der Waals surface area contributed by atoms with Crippen LogP contribution in [0.4, 0.5) is 0 Å². The Morgan fingerprint density at radius 1 is 0.643 bits per heavy atom. The zero-order valence-corrected chi connectivity index (χ0v) is 28.2. The number of hydrogen-bond donors (Lipinski definition) is 0. The number of fused-ring (bicyclic) bond motifs is 5. The molecule has 42 heavy (non-hydrogen) atoms. The Labute approximate surface area is 281 Å². The van der Waals surface area contributed by atoms with Crippen molar-refractivity contribution in [1.82, 2.24) is 0 Å². The van der Waals surface area contributed by atoms with Gasteiger partial charge < -0.3 is 24.8 Å². The molecule has 7 rings (SSSR count).